The third-order valence-electron chi connectivity index (χ3n) is 3.68. The zero-order valence-corrected chi connectivity index (χ0v) is 12.4. The Labute approximate surface area is 130 Å². The maximum Gasteiger partial charge on any atom is 0.382 e. The lowest BCUT2D eigenvalue weighted by molar-refractivity contribution is 0.101. The van der Waals surface area contributed by atoms with E-state index in [-0.39, 0.29) is 18.2 Å². The number of nitrogens with zero attached hydrogens (tertiary/aromatic N) is 1. The summed E-state index contributed by atoms with van der Waals surface area (Å²) in [5.74, 6) is -0.754. The minimum absolute atomic E-state index is 0.0483. The lowest BCUT2D eigenvalue weighted by atomic mass is 9.97. The third kappa shape index (κ3) is 2.32. The summed E-state index contributed by atoms with van der Waals surface area (Å²) in [5.41, 5.74) is 2.30. The normalized spacial score (nSPS) is 17.5. The van der Waals surface area contributed by atoms with Crippen LogP contribution in [0.4, 0.5) is 4.39 Å². The van der Waals surface area contributed by atoms with Crippen LogP contribution in [0.15, 0.2) is 35.3 Å². The second-order valence-electron chi connectivity index (χ2n) is 5.17. The Balaban J connectivity index is 1.92. The van der Waals surface area contributed by atoms with E-state index in [9.17, 15) is 17.6 Å². The van der Waals surface area contributed by atoms with E-state index in [1.54, 1.807) is 18.2 Å². The van der Waals surface area contributed by atoms with Crippen LogP contribution in [-0.4, -0.2) is 20.5 Å². The lowest BCUT2D eigenvalue weighted by Gasteiger charge is -2.21. The van der Waals surface area contributed by atoms with Crippen LogP contribution in [0.1, 0.15) is 21.5 Å². The van der Waals surface area contributed by atoms with Gasteiger partial charge in [0.05, 0.1) is 5.56 Å². The van der Waals surface area contributed by atoms with Crippen LogP contribution < -0.4 is 8.91 Å². The van der Waals surface area contributed by atoms with Crippen LogP contribution in [0.3, 0.4) is 0 Å². The highest BCUT2D eigenvalue weighted by atomic mass is 32.2. The van der Waals surface area contributed by atoms with E-state index in [0.717, 1.165) is 0 Å². The van der Waals surface area contributed by atoms with Crippen LogP contribution in [0.25, 0.3) is 11.1 Å². The van der Waals surface area contributed by atoms with Gasteiger partial charge in [0, 0.05) is 29.4 Å². The predicted octanol–water partition coefficient (Wildman–Crippen LogP) is 1.79. The van der Waals surface area contributed by atoms with Crippen molar-refractivity contribution in [2.45, 2.75) is 6.54 Å². The Morgan fingerprint density at radius 2 is 2.00 bits per heavy atom. The number of nitrogens with one attached hydrogen (secondary N) is 1. The van der Waals surface area contributed by atoms with E-state index in [2.05, 4.69) is 9.71 Å². The second kappa shape index (κ2) is 4.71. The van der Waals surface area contributed by atoms with Gasteiger partial charge in [-0.25, -0.2) is 9.38 Å². The average molecular weight is 332 g/mol. The smallest absolute Gasteiger partial charge is 0.370 e. The summed E-state index contributed by atoms with van der Waals surface area (Å²) >= 11 is 0. The van der Waals surface area contributed by atoms with Gasteiger partial charge in [0.2, 0.25) is 0 Å². The summed E-state index contributed by atoms with van der Waals surface area (Å²) in [7, 11) is -3.91. The Bertz CT molecular complexity index is 999. The fourth-order valence-electron chi connectivity index (χ4n) is 2.63. The van der Waals surface area contributed by atoms with E-state index in [0.29, 0.717) is 27.8 Å². The molecule has 0 atom stereocenters. The summed E-state index contributed by atoms with van der Waals surface area (Å²) in [6, 6.07) is 7.26. The molecule has 0 saturated carbocycles. The van der Waals surface area contributed by atoms with Crippen molar-refractivity contribution >= 4 is 22.4 Å². The molecule has 6 nitrogen and oxygen atoms in total. The third-order valence-corrected chi connectivity index (χ3v) is 4.56. The zero-order valence-electron chi connectivity index (χ0n) is 11.5. The molecule has 2 heterocycles. The van der Waals surface area contributed by atoms with Crippen LogP contribution in [0.5, 0.6) is 5.75 Å². The van der Waals surface area contributed by atoms with Gasteiger partial charge in [-0.3, -0.25) is 4.79 Å². The Kier molecular flexibility index (Phi) is 2.87. The van der Waals surface area contributed by atoms with Crippen molar-refractivity contribution in [3.63, 3.8) is 0 Å². The van der Waals surface area contributed by atoms with E-state index < -0.39 is 16.1 Å². The van der Waals surface area contributed by atoms with Crippen molar-refractivity contribution in [1.82, 2.24) is 4.72 Å². The van der Waals surface area contributed by atoms with Gasteiger partial charge in [0.1, 0.15) is 5.82 Å². The molecule has 2 aromatic carbocycles. The van der Waals surface area contributed by atoms with E-state index in [1.807, 2.05) is 0 Å². The molecule has 8 heteroatoms. The van der Waals surface area contributed by atoms with Gasteiger partial charge in [-0.05, 0) is 29.8 Å². The summed E-state index contributed by atoms with van der Waals surface area (Å²) < 4.78 is 44.3. The molecule has 2 aromatic rings. The number of amides is 1. The van der Waals surface area contributed by atoms with Crippen LogP contribution >= 0.6 is 0 Å². The molecule has 0 aliphatic carbocycles. The Morgan fingerprint density at radius 1 is 1.17 bits per heavy atom. The molecule has 0 unspecified atom stereocenters. The molecule has 23 heavy (non-hydrogen) atoms. The van der Waals surface area contributed by atoms with Gasteiger partial charge in [-0.15, -0.1) is 0 Å². The highest BCUT2D eigenvalue weighted by molar-refractivity contribution is 7.85. The maximum absolute atomic E-state index is 13.9. The van der Waals surface area contributed by atoms with Crippen molar-refractivity contribution in [3.8, 4) is 16.9 Å². The molecule has 0 fully saturated rings. The predicted molar refractivity (Wildman–Crippen MR) is 80.1 cm³/mol. The molecule has 0 saturated heterocycles. The standard InChI is InChI=1S/C15H9FN2O4S/c16-11-4-10-7-18-23(20,21)22-14(10)13(5-11)8-1-2-12-9(3-8)6-17-15(12)19/h1-6,18H,7H2. The van der Waals surface area contributed by atoms with Crippen LogP contribution in [-0.2, 0) is 16.8 Å². The average Bonchev–Trinajstić information content (AvgIpc) is 2.87. The molecule has 4 rings (SSSR count). The summed E-state index contributed by atoms with van der Waals surface area (Å²) in [5, 5.41) is 0. The first-order chi connectivity index (χ1) is 10.9. The molecular formula is C15H9FN2O4S. The molecule has 2 aliphatic heterocycles. The van der Waals surface area contributed by atoms with Gasteiger partial charge in [0.15, 0.2) is 5.75 Å². The maximum atomic E-state index is 13.9. The molecule has 0 spiro atoms. The fraction of sp³-hybridized carbons (Fsp3) is 0.0667. The Morgan fingerprint density at radius 3 is 2.83 bits per heavy atom. The monoisotopic (exact) mass is 332 g/mol. The number of halogens is 1. The fourth-order valence-corrected chi connectivity index (χ4v) is 3.44. The van der Waals surface area contributed by atoms with E-state index in [4.69, 9.17) is 4.18 Å². The molecule has 116 valence electrons. The molecule has 0 aromatic heterocycles. The number of carbonyl (C=O) groups excluding carboxylic acids is 1. The van der Waals surface area contributed by atoms with Crippen LogP contribution in [0, 0.1) is 5.82 Å². The first-order valence-corrected chi connectivity index (χ1v) is 8.08. The van der Waals surface area contributed by atoms with Crippen molar-refractivity contribution in [3.05, 3.63) is 52.8 Å². The summed E-state index contributed by atoms with van der Waals surface area (Å²) in [6.45, 7) is -0.0483. The van der Waals surface area contributed by atoms with Crippen molar-refractivity contribution in [2.75, 3.05) is 0 Å². The Hall–Kier alpha value is -2.58. The van der Waals surface area contributed by atoms with E-state index in [1.165, 1.54) is 18.3 Å². The minimum atomic E-state index is -3.91. The number of carbonyl (C=O) groups is 1. The molecule has 2 aliphatic rings. The summed E-state index contributed by atoms with van der Waals surface area (Å²) in [4.78, 5) is 15.2. The number of fused-ring (bicyclic) bond motifs is 2. The highest BCUT2D eigenvalue weighted by Gasteiger charge is 2.26. The molecule has 0 radical (unpaired) electrons. The first kappa shape index (κ1) is 14.0. The van der Waals surface area contributed by atoms with Crippen molar-refractivity contribution in [1.29, 1.82) is 0 Å². The largest absolute Gasteiger partial charge is 0.382 e. The molecule has 1 amide bonds. The number of benzene rings is 2. The van der Waals surface area contributed by atoms with Crippen LogP contribution in [0.2, 0.25) is 0 Å². The number of hydrogen-bond acceptors (Lipinski definition) is 4. The van der Waals surface area contributed by atoms with Gasteiger partial charge in [-0.1, -0.05) is 6.07 Å². The van der Waals surface area contributed by atoms with Gasteiger partial charge < -0.3 is 4.18 Å². The lowest BCUT2D eigenvalue weighted by Crippen LogP contribution is -2.32. The van der Waals surface area contributed by atoms with Gasteiger partial charge in [0.25, 0.3) is 5.91 Å². The number of aliphatic imine (C=N–C) groups is 1. The van der Waals surface area contributed by atoms with Gasteiger partial charge in [-0.2, -0.15) is 13.1 Å². The zero-order chi connectivity index (χ0) is 16.2. The van der Waals surface area contributed by atoms with Crippen molar-refractivity contribution < 1.29 is 21.8 Å². The van der Waals surface area contributed by atoms with Gasteiger partial charge >= 0.3 is 10.3 Å². The molecule has 0 bridgehead atoms. The minimum Gasteiger partial charge on any atom is -0.370 e. The quantitative estimate of drug-likeness (QED) is 0.863. The highest BCUT2D eigenvalue weighted by Crippen LogP contribution is 2.38. The number of hydrogen-bond donors (Lipinski definition) is 1. The SMILES string of the molecule is O=C1N=Cc2cc(-c3cc(F)cc4c3OS(=O)(=O)NC4)ccc21. The topological polar surface area (TPSA) is 84.8 Å². The molecular weight excluding hydrogens is 323 g/mol. The molecule has 1 N–H and O–H groups in total. The summed E-state index contributed by atoms with van der Waals surface area (Å²) in [6.07, 6.45) is 1.42. The van der Waals surface area contributed by atoms with E-state index >= 15 is 0 Å². The first-order valence-electron chi connectivity index (χ1n) is 6.67. The number of rotatable bonds is 1. The second-order valence-corrected chi connectivity index (χ2v) is 6.53. The van der Waals surface area contributed by atoms with Crippen molar-refractivity contribution in [2.24, 2.45) is 4.99 Å².